The molecule has 3 N–H and O–H groups in total. The van der Waals surface area contributed by atoms with Crippen molar-refractivity contribution in [3.63, 3.8) is 0 Å². The predicted molar refractivity (Wildman–Crippen MR) is 78.8 cm³/mol. The number of carboxylic acids is 1. The Balaban J connectivity index is 3.13. The summed E-state index contributed by atoms with van der Waals surface area (Å²) in [5.74, 6) is -1.16. The van der Waals surface area contributed by atoms with Crippen molar-refractivity contribution in [3.8, 4) is 0 Å². The van der Waals surface area contributed by atoms with E-state index in [1.807, 2.05) is 13.8 Å². The second-order valence-electron chi connectivity index (χ2n) is 5.27. The number of carbonyl (C=O) groups is 1. The average molecular weight is 315 g/mol. The number of hydrogen-bond acceptors (Lipinski definition) is 4. The minimum atomic E-state index is -3.82. The molecule has 1 rings (SSSR count). The Bertz CT molecular complexity index is 610. The van der Waals surface area contributed by atoms with Gasteiger partial charge in [0, 0.05) is 12.6 Å². The first-order chi connectivity index (χ1) is 9.69. The molecular weight excluding hydrogens is 294 g/mol. The number of sulfonamides is 1. The third-order valence-electron chi connectivity index (χ3n) is 3.30. The van der Waals surface area contributed by atoms with Crippen LogP contribution < -0.4 is 4.72 Å². The number of rotatable bonds is 7. The van der Waals surface area contributed by atoms with E-state index in [2.05, 4.69) is 4.72 Å². The number of benzene rings is 1. The lowest BCUT2D eigenvalue weighted by molar-refractivity contribution is 0.0696. The quantitative estimate of drug-likeness (QED) is 0.705. The van der Waals surface area contributed by atoms with Gasteiger partial charge >= 0.3 is 5.97 Å². The predicted octanol–water partition coefficient (Wildman–Crippen LogP) is 1.38. The van der Waals surface area contributed by atoms with Crippen molar-refractivity contribution in [3.05, 3.63) is 29.3 Å². The molecule has 7 heteroatoms. The van der Waals surface area contributed by atoms with E-state index in [1.54, 1.807) is 6.92 Å². The number of aryl methyl sites for hydroxylation is 1. The van der Waals surface area contributed by atoms with E-state index in [0.29, 0.717) is 12.0 Å². The molecule has 0 aliphatic heterocycles. The Morgan fingerprint density at radius 3 is 2.43 bits per heavy atom. The fourth-order valence-electron chi connectivity index (χ4n) is 1.93. The van der Waals surface area contributed by atoms with Crippen LogP contribution >= 0.6 is 0 Å². The molecule has 0 aromatic heterocycles. The summed E-state index contributed by atoms with van der Waals surface area (Å²) in [5, 5.41) is 18.1. The van der Waals surface area contributed by atoms with Gasteiger partial charge in [0.2, 0.25) is 10.0 Å². The fraction of sp³-hybridized carbons (Fsp3) is 0.500. The van der Waals surface area contributed by atoms with E-state index in [9.17, 15) is 13.2 Å². The molecule has 0 heterocycles. The maximum atomic E-state index is 12.3. The Morgan fingerprint density at radius 1 is 1.33 bits per heavy atom. The number of aliphatic hydroxyl groups is 1. The number of aliphatic hydroxyl groups excluding tert-OH is 1. The molecule has 0 radical (unpaired) electrons. The lowest BCUT2D eigenvalue weighted by Crippen LogP contribution is -2.39. The molecule has 118 valence electrons. The normalized spacial score (nSPS) is 13.4. The van der Waals surface area contributed by atoms with Gasteiger partial charge in [-0.3, -0.25) is 0 Å². The standard InChI is InChI=1S/C14H21NO5S/c1-9(2)13(6-7-16)15-21(19,20)11-5-4-10(3)12(8-11)14(17)18/h4-5,8-9,13,15-16H,6-7H2,1-3H3,(H,17,18). The first-order valence-electron chi connectivity index (χ1n) is 6.66. The summed E-state index contributed by atoms with van der Waals surface area (Å²) in [6.45, 7) is 5.18. The van der Waals surface area contributed by atoms with Crippen molar-refractivity contribution in [2.75, 3.05) is 6.61 Å². The van der Waals surface area contributed by atoms with Crippen LogP contribution in [0.4, 0.5) is 0 Å². The third kappa shape index (κ3) is 4.52. The Hall–Kier alpha value is -1.44. The Labute approximate surface area is 124 Å². The van der Waals surface area contributed by atoms with E-state index in [-0.39, 0.29) is 23.0 Å². The van der Waals surface area contributed by atoms with Crippen molar-refractivity contribution in [1.29, 1.82) is 0 Å². The summed E-state index contributed by atoms with van der Waals surface area (Å²) in [6, 6.07) is 3.58. The molecule has 1 aromatic carbocycles. The molecular formula is C14H21NO5S. The number of carboxylic acid groups (broad SMARTS) is 1. The monoisotopic (exact) mass is 315 g/mol. The van der Waals surface area contributed by atoms with Crippen LogP contribution in [0.25, 0.3) is 0 Å². The first kappa shape index (κ1) is 17.6. The van der Waals surface area contributed by atoms with E-state index in [0.717, 1.165) is 6.07 Å². The van der Waals surface area contributed by atoms with E-state index in [4.69, 9.17) is 10.2 Å². The molecule has 0 spiro atoms. The van der Waals surface area contributed by atoms with Crippen LogP contribution in [0.3, 0.4) is 0 Å². The molecule has 0 aliphatic carbocycles. The largest absolute Gasteiger partial charge is 0.478 e. The van der Waals surface area contributed by atoms with Gasteiger partial charge in [0.25, 0.3) is 0 Å². The SMILES string of the molecule is Cc1ccc(S(=O)(=O)NC(CCO)C(C)C)cc1C(=O)O. The molecule has 1 atom stereocenters. The van der Waals surface area contributed by atoms with Crippen molar-refractivity contribution >= 4 is 16.0 Å². The van der Waals surface area contributed by atoms with Gasteiger partial charge in [-0.1, -0.05) is 19.9 Å². The van der Waals surface area contributed by atoms with Crippen LogP contribution in [0.15, 0.2) is 23.1 Å². The first-order valence-corrected chi connectivity index (χ1v) is 8.14. The molecule has 1 aromatic rings. The summed E-state index contributed by atoms with van der Waals surface area (Å²) in [4.78, 5) is 11.0. The molecule has 0 fully saturated rings. The summed E-state index contributed by atoms with van der Waals surface area (Å²) < 4.78 is 27.2. The van der Waals surface area contributed by atoms with E-state index in [1.165, 1.54) is 12.1 Å². The topological polar surface area (TPSA) is 104 Å². The van der Waals surface area contributed by atoms with Crippen LogP contribution in [0.1, 0.15) is 36.2 Å². The van der Waals surface area contributed by atoms with Crippen LogP contribution in [0, 0.1) is 12.8 Å². The van der Waals surface area contributed by atoms with Crippen molar-refractivity contribution in [2.24, 2.45) is 5.92 Å². The van der Waals surface area contributed by atoms with Crippen LogP contribution in [-0.4, -0.2) is 37.2 Å². The highest BCUT2D eigenvalue weighted by Gasteiger charge is 2.23. The molecule has 21 heavy (non-hydrogen) atoms. The minimum Gasteiger partial charge on any atom is -0.478 e. The maximum absolute atomic E-state index is 12.3. The summed E-state index contributed by atoms with van der Waals surface area (Å²) in [6.07, 6.45) is 0.300. The van der Waals surface area contributed by atoms with Gasteiger partial charge in [-0.2, -0.15) is 0 Å². The minimum absolute atomic E-state index is 0.0105. The molecule has 1 unspecified atom stereocenters. The highest BCUT2D eigenvalue weighted by Crippen LogP contribution is 2.17. The lowest BCUT2D eigenvalue weighted by atomic mass is 10.0. The zero-order chi connectivity index (χ0) is 16.2. The number of hydrogen-bond donors (Lipinski definition) is 3. The van der Waals surface area contributed by atoms with E-state index >= 15 is 0 Å². The molecule has 0 bridgehead atoms. The van der Waals surface area contributed by atoms with Gasteiger partial charge in [0.15, 0.2) is 0 Å². The lowest BCUT2D eigenvalue weighted by Gasteiger charge is -2.21. The molecule has 0 amide bonds. The van der Waals surface area contributed by atoms with Gasteiger partial charge in [-0.25, -0.2) is 17.9 Å². The fourth-order valence-corrected chi connectivity index (χ4v) is 3.38. The van der Waals surface area contributed by atoms with Gasteiger partial charge < -0.3 is 10.2 Å². The third-order valence-corrected chi connectivity index (χ3v) is 4.79. The van der Waals surface area contributed by atoms with Crippen molar-refractivity contribution in [2.45, 2.75) is 38.1 Å². The van der Waals surface area contributed by atoms with Crippen LogP contribution in [0.5, 0.6) is 0 Å². The van der Waals surface area contributed by atoms with Gasteiger partial charge in [-0.05, 0) is 37.0 Å². The highest BCUT2D eigenvalue weighted by molar-refractivity contribution is 7.89. The summed E-state index contributed by atoms with van der Waals surface area (Å²) in [7, 11) is -3.82. The molecule has 0 saturated heterocycles. The number of aromatic carboxylic acids is 1. The van der Waals surface area contributed by atoms with Crippen molar-refractivity contribution < 1.29 is 23.4 Å². The molecule has 0 saturated carbocycles. The smallest absolute Gasteiger partial charge is 0.335 e. The van der Waals surface area contributed by atoms with Crippen molar-refractivity contribution in [1.82, 2.24) is 4.72 Å². The zero-order valence-electron chi connectivity index (χ0n) is 12.3. The van der Waals surface area contributed by atoms with Crippen LogP contribution in [0.2, 0.25) is 0 Å². The average Bonchev–Trinajstić information content (AvgIpc) is 2.37. The van der Waals surface area contributed by atoms with Gasteiger partial charge in [-0.15, -0.1) is 0 Å². The molecule has 6 nitrogen and oxygen atoms in total. The number of nitrogens with one attached hydrogen (secondary N) is 1. The van der Waals surface area contributed by atoms with Gasteiger partial charge in [0.05, 0.1) is 10.5 Å². The Kier molecular flexibility index (Phi) is 5.88. The van der Waals surface area contributed by atoms with E-state index < -0.39 is 22.0 Å². The second kappa shape index (κ2) is 7.02. The van der Waals surface area contributed by atoms with Gasteiger partial charge in [0.1, 0.15) is 0 Å². The zero-order valence-corrected chi connectivity index (χ0v) is 13.1. The summed E-state index contributed by atoms with van der Waals surface area (Å²) >= 11 is 0. The summed E-state index contributed by atoms with van der Waals surface area (Å²) in [5.41, 5.74) is 0.457. The van der Waals surface area contributed by atoms with Crippen LogP contribution in [-0.2, 0) is 10.0 Å². The second-order valence-corrected chi connectivity index (χ2v) is 6.98. The highest BCUT2D eigenvalue weighted by atomic mass is 32.2. The maximum Gasteiger partial charge on any atom is 0.335 e. The Morgan fingerprint density at radius 2 is 1.95 bits per heavy atom. The molecule has 0 aliphatic rings.